The molecule has 628 valence electrons. The van der Waals surface area contributed by atoms with E-state index in [1.54, 1.807) is 45.4 Å². The van der Waals surface area contributed by atoms with Gasteiger partial charge in [-0.3, -0.25) is 23.5 Å². The van der Waals surface area contributed by atoms with Crippen LogP contribution in [-0.2, 0) is 27.8 Å². The average molecular weight is 1680 g/mol. The SMILES string of the molecule is CC(/C=C/C=C(/C=C/c1ccc(C)cc1)c1ccccc1)=C\C#N.CC(/C=C/C=C(/C=C/c1ccc(C)cc1)c1ccccc1)=C\C=O.CCOP(C)(=O)C/C(=C/C#N)c1ccccc1.CCOP(C)(=O)C/C(C)=C/C#N.Cc1ccc(/C=C/C(=C/C#N)c2ccccc2)cc1.Cc1ccc(/C=C/C(=C/C=O)c2ccccc2)cc1.Cc1ccc(C=O)cc1. The first-order valence-electron chi connectivity index (χ1n) is 40.4. The Morgan fingerprint density at radius 1 is 0.315 bits per heavy atom. The van der Waals surface area contributed by atoms with Gasteiger partial charge in [0.05, 0.1) is 43.7 Å². The van der Waals surface area contributed by atoms with Gasteiger partial charge in [-0.2, -0.15) is 21.0 Å². The molecule has 0 aliphatic carbocycles. The van der Waals surface area contributed by atoms with E-state index < -0.39 is 14.7 Å². The van der Waals surface area contributed by atoms with E-state index in [1.807, 2.05) is 246 Å². The minimum Gasteiger partial charge on any atom is -0.329 e. The van der Waals surface area contributed by atoms with Crippen molar-refractivity contribution in [3.63, 3.8) is 0 Å². The van der Waals surface area contributed by atoms with Gasteiger partial charge in [-0.25, -0.2) is 0 Å². The number of carbonyl (C=O) groups excluding carboxylic acids is 3. The Balaban J connectivity index is 0.000000309. The molecule has 0 aliphatic heterocycles. The van der Waals surface area contributed by atoms with Crippen molar-refractivity contribution >= 4 is 85.8 Å². The normalized spacial score (nSPS) is 12.8. The third-order valence-electron chi connectivity index (χ3n) is 17.6. The maximum absolute atomic E-state index is 12.1. The van der Waals surface area contributed by atoms with Crippen LogP contribution in [0.5, 0.6) is 0 Å². The smallest absolute Gasteiger partial charge is 0.204 e. The molecule has 10 rings (SSSR count). The fraction of sp³-hybridized carbons (Fsp3) is 0.144. The highest BCUT2D eigenvalue weighted by Gasteiger charge is 2.19. The standard InChI is InChI=1S/C23H21N.C23H22O.C18H15N.C18H16O.C13H16NO2P.C8H14NO2P.C8H8O/c2*1-19(17-18-24)7-6-10-23(22-8-4-3-5-9-22)16-15-21-13-11-20(2)12-14-21;2*1-15-7-9-16(10-8-15)11-12-18(13-14-19)17-5-3-2-4-6-17;1-3-16-17(2,15)11-13(9-10-14)12-7-5-4-6-8-12;1-4-11-12(3,10)7-8(2)5-6-9;1-7-2-4-8(6-9)5-3-7/h3-17H,1-2H3;3-18H,1-2H3;2-13H,1H3;2-14H,1H3;4-9H,3,11H2,1-2H3;5H,4,7H2,1-3H3;2-6H,1H3/b2*7-6+,16-15+,19-17+,23-10-;2*12-11+,18-13-;13-9-;8-5+;. The van der Waals surface area contributed by atoms with Gasteiger partial charge in [0.2, 0.25) is 14.7 Å². The molecule has 0 amide bonds. The fourth-order valence-electron chi connectivity index (χ4n) is 11.2. The van der Waals surface area contributed by atoms with E-state index in [0.717, 1.165) is 108 Å². The lowest BCUT2D eigenvalue weighted by molar-refractivity contribution is -0.104. The van der Waals surface area contributed by atoms with Crippen molar-refractivity contribution in [2.45, 2.75) is 69.2 Å². The molecule has 0 heterocycles. The zero-order valence-electron chi connectivity index (χ0n) is 73.1. The Kier molecular flexibility index (Phi) is 49.8. The molecule has 0 saturated carbocycles. The maximum atomic E-state index is 12.1. The summed E-state index contributed by atoms with van der Waals surface area (Å²) in [5.41, 5.74) is 24.3. The molecule has 10 aromatic rings. The Morgan fingerprint density at radius 3 is 0.903 bits per heavy atom. The number of benzene rings is 10. The van der Waals surface area contributed by atoms with Crippen LogP contribution in [0.4, 0.5) is 0 Å². The number of aryl methyl sites for hydroxylation is 5. The number of hydrogen-bond acceptors (Lipinski definition) is 11. The van der Waals surface area contributed by atoms with E-state index in [0.29, 0.717) is 25.5 Å². The van der Waals surface area contributed by atoms with Crippen molar-refractivity contribution in [2.75, 3.05) is 38.9 Å². The first kappa shape index (κ1) is 102. The quantitative estimate of drug-likeness (QED) is 0.0149. The Bertz CT molecular complexity index is 5670. The number of rotatable bonds is 28. The summed E-state index contributed by atoms with van der Waals surface area (Å²) in [4.78, 5) is 31.3. The van der Waals surface area contributed by atoms with Crippen LogP contribution in [0.1, 0.15) is 123 Å². The molecule has 0 N–H and O–H groups in total. The molecule has 2 atom stereocenters. The summed E-state index contributed by atoms with van der Waals surface area (Å²) in [5, 5.41) is 34.6. The number of nitrogens with zero attached hydrogens (tertiary/aromatic N) is 4. The lowest BCUT2D eigenvalue weighted by Crippen LogP contribution is -1.97. The van der Waals surface area contributed by atoms with Crippen LogP contribution in [0.3, 0.4) is 0 Å². The van der Waals surface area contributed by atoms with Crippen LogP contribution in [-0.4, -0.2) is 57.7 Å². The lowest BCUT2D eigenvalue weighted by Gasteiger charge is -2.14. The summed E-state index contributed by atoms with van der Waals surface area (Å²) >= 11 is 0. The first-order chi connectivity index (χ1) is 59.9. The van der Waals surface area contributed by atoms with Gasteiger partial charge in [0.15, 0.2) is 0 Å². The average Bonchev–Trinajstić information content (AvgIpc) is 0.890. The van der Waals surface area contributed by atoms with Crippen LogP contribution >= 0.6 is 14.7 Å². The van der Waals surface area contributed by atoms with Gasteiger partial charge in [-0.1, -0.05) is 391 Å². The first-order valence-corrected chi connectivity index (χ1v) is 45.0. The van der Waals surface area contributed by atoms with Crippen molar-refractivity contribution in [3.8, 4) is 24.3 Å². The minimum atomic E-state index is -2.66. The van der Waals surface area contributed by atoms with Gasteiger partial charge in [-0.15, -0.1) is 0 Å². The Morgan fingerprint density at radius 2 is 0.597 bits per heavy atom. The summed E-state index contributed by atoms with van der Waals surface area (Å²) in [7, 11) is -5.16. The number of aldehydes is 3. The van der Waals surface area contributed by atoms with Crippen LogP contribution < -0.4 is 0 Å². The zero-order chi connectivity index (χ0) is 90.4. The molecular weight excluding hydrogens is 1560 g/mol. The monoisotopic (exact) mass is 1670 g/mol. The van der Waals surface area contributed by atoms with Gasteiger partial charge >= 0.3 is 0 Å². The predicted octanol–water partition coefficient (Wildman–Crippen LogP) is 28.6. The Labute approximate surface area is 737 Å². The molecule has 11 nitrogen and oxygen atoms in total. The number of carbonyl (C=O) groups is 3. The summed E-state index contributed by atoms with van der Waals surface area (Å²) in [6, 6.07) is 98.8. The molecule has 0 fully saturated rings. The molecule has 10 aromatic carbocycles. The number of hydrogen-bond donors (Lipinski definition) is 0. The van der Waals surface area contributed by atoms with Gasteiger partial charge in [0, 0.05) is 49.4 Å². The van der Waals surface area contributed by atoms with Crippen molar-refractivity contribution in [2.24, 2.45) is 0 Å². The van der Waals surface area contributed by atoms with E-state index >= 15 is 0 Å². The predicted molar refractivity (Wildman–Crippen MR) is 524 cm³/mol. The topological polar surface area (TPSA) is 199 Å². The molecule has 0 bridgehead atoms. The van der Waals surface area contributed by atoms with Crippen molar-refractivity contribution in [3.05, 3.63) is 470 Å². The Hall–Kier alpha value is -14.1. The largest absolute Gasteiger partial charge is 0.329 e. The molecule has 0 radical (unpaired) electrons. The second-order valence-corrected chi connectivity index (χ2v) is 33.7. The summed E-state index contributed by atoms with van der Waals surface area (Å²) < 4.78 is 33.9. The molecule has 124 heavy (non-hydrogen) atoms. The summed E-state index contributed by atoms with van der Waals surface area (Å²) in [5.74, 6) is 0. The second-order valence-electron chi connectivity index (χ2n) is 28.4. The molecule has 0 saturated heterocycles. The van der Waals surface area contributed by atoms with Crippen LogP contribution in [0.25, 0.3) is 52.2 Å². The maximum Gasteiger partial charge on any atom is 0.204 e. The summed E-state index contributed by atoms with van der Waals surface area (Å²) in [6.07, 6.45) is 40.6. The van der Waals surface area contributed by atoms with Gasteiger partial charge in [0.1, 0.15) is 18.9 Å². The highest BCUT2D eigenvalue weighted by Crippen LogP contribution is 2.46. The van der Waals surface area contributed by atoms with Gasteiger partial charge in [0.25, 0.3) is 0 Å². The van der Waals surface area contributed by atoms with E-state index in [2.05, 4.69) is 192 Å². The third-order valence-corrected chi connectivity index (χ3v) is 21.2. The zero-order valence-corrected chi connectivity index (χ0v) is 74.9. The van der Waals surface area contributed by atoms with Crippen molar-refractivity contribution < 1.29 is 32.6 Å². The third kappa shape index (κ3) is 44.8. The molecule has 2 unspecified atom stereocenters. The van der Waals surface area contributed by atoms with Gasteiger partial charge < -0.3 is 9.05 Å². The molecule has 0 aromatic heterocycles. The van der Waals surface area contributed by atoms with Crippen molar-refractivity contribution in [1.82, 2.24) is 0 Å². The second kappa shape index (κ2) is 60.4. The van der Waals surface area contributed by atoms with Crippen LogP contribution in [0.2, 0.25) is 0 Å². The number of nitriles is 4. The van der Waals surface area contributed by atoms with Crippen molar-refractivity contribution in [1.29, 1.82) is 21.0 Å². The minimum absolute atomic E-state index is 0.290. The molecule has 13 heteroatoms. The molecule has 0 aliphatic rings. The highest BCUT2D eigenvalue weighted by molar-refractivity contribution is 7.58. The summed E-state index contributed by atoms with van der Waals surface area (Å²) in [6.45, 7) is 23.6. The van der Waals surface area contributed by atoms with E-state index in [4.69, 9.17) is 30.1 Å². The number of allylic oxidation sites excluding steroid dienone is 24. The van der Waals surface area contributed by atoms with E-state index in [-0.39, 0.29) is 0 Å². The fourth-order valence-corrected chi connectivity index (χ4v) is 14.3. The van der Waals surface area contributed by atoms with Crippen LogP contribution in [0.15, 0.2) is 387 Å². The van der Waals surface area contributed by atoms with Gasteiger partial charge in [-0.05, 0) is 170 Å². The van der Waals surface area contributed by atoms with E-state index in [1.165, 1.54) is 57.2 Å². The van der Waals surface area contributed by atoms with E-state index in [9.17, 15) is 23.5 Å². The highest BCUT2D eigenvalue weighted by atomic mass is 31.2. The lowest BCUT2D eigenvalue weighted by atomic mass is 10.0. The molecular formula is C111H112N4O7P2. The van der Waals surface area contributed by atoms with Crippen LogP contribution in [0, 0.1) is 79.9 Å². The molecule has 0 spiro atoms.